The van der Waals surface area contributed by atoms with Crippen LogP contribution in [0.15, 0.2) is 22.7 Å². The second-order valence-corrected chi connectivity index (χ2v) is 4.41. The number of esters is 1. The van der Waals surface area contributed by atoms with Crippen molar-refractivity contribution in [3.05, 3.63) is 32.8 Å². The van der Waals surface area contributed by atoms with Gasteiger partial charge in [0.2, 0.25) is 0 Å². The zero-order valence-electron chi connectivity index (χ0n) is 10.1. The van der Waals surface area contributed by atoms with Gasteiger partial charge in [0.1, 0.15) is 6.54 Å². The summed E-state index contributed by atoms with van der Waals surface area (Å²) in [5, 5.41) is 10.6. The average molecular weight is 317 g/mol. The van der Waals surface area contributed by atoms with Gasteiger partial charge in [0.05, 0.1) is 17.2 Å². The summed E-state index contributed by atoms with van der Waals surface area (Å²) >= 11 is 3.25. The molecule has 0 aliphatic heterocycles. The molecule has 1 aromatic rings. The van der Waals surface area contributed by atoms with Gasteiger partial charge < -0.3 is 9.64 Å². The molecule has 0 aliphatic rings. The number of rotatable bonds is 5. The zero-order valence-corrected chi connectivity index (χ0v) is 11.6. The second-order valence-electron chi connectivity index (χ2n) is 3.55. The third-order valence-electron chi connectivity index (χ3n) is 2.22. The Bertz CT molecular complexity index is 464. The third kappa shape index (κ3) is 3.69. The number of hydrogen-bond acceptors (Lipinski definition) is 5. The predicted molar refractivity (Wildman–Crippen MR) is 70.7 cm³/mol. The Balaban J connectivity index is 2.83. The van der Waals surface area contributed by atoms with Crippen molar-refractivity contribution < 1.29 is 14.5 Å². The standard InChI is InChI=1S/C11H13BrN2O4/c1-3-18-11(15)7-13(2)10-5-4-8(14(16)17)6-9(10)12/h4-6H,3,7H2,1-2H3. The van der Waals surface area contributed by atoms with Gasteiger partial charge in [0.15, 0.2) is 0 Å². The van der Waals surface area contributed by atoms with Crippen LogP contribution in [0.3, 0.4) is 0 Å². The minimum absolute atomic E-state index is 0.00448. The maximum atomic E-state index is 11.3. The summed E-state index contributed by atoms with van der Waals surface area (Å²) in [4.78, 5) is 23.1. The molecule has 0 amide bonds. The fraction of sp³-hybridized carbons (Fsp3) is 0.364. The number of benzene rings is 1. The Morgan fingerprint density at radius 3 is 2.72 bits per heavy atom. The number of likely N-dealkylation sites (N-methyl/N-ethyl adjacent to an activating group) is 1. The second kappa shape index (κ2) is 6.34. The molecule has 0 N–H and O–H groups in total. The number of hydrogen-bond donors (Lipinski definition) is 0. The number of carbonyl (C=O) groups is 1. The molecule has 98 valence electrons. The Labute approximate surface area is 113 Å². The van der Waals surface area contributed by atoms with Crippen LogP contribution in [-0.2, 0) is 9.53 Å². The number of nitro groups is 1. The summed E-state index contributed by atoms with van der Waals surface area (Å²) in [6, 6.07) is 4.38. The fourth-order valence-electron chi connectivity index (χ4n) is 1.40. The molecule has 0 heterocycles. The van der Waals surface area contributed by atoms with Crippen LogP contribution < -0.4 is 4.90 Å². The van der Waals surface area contributed by atoms with Gasteiger partial charge in [0, 0.05) is 23.7 Å². The van der Waals surface area contributed by atoms with Crippen molar-refractivity contribution in [2.24, 2.45) is 0 Å². The zero-order chi connectivity index (χ0) is 13.7. The van der Waals surface area contributed by atoms with Crippen LogP contribution in [0.5, 0.6) is 0 Å². The van der Waals surface area contributed by atoms with Crippen LogP contribution in [0.1, 0.15) is 6.92 Å². The van der Waals surface area contributed by atoms with Crippen molar-refractivity contribution in [3.8, 4) is 0 Å². The summed E-state index contributed by atoms with van der Waals surface area (Å²) in [6.07, 6.45) is 0. The van der Waals surface area contributed by atoms with Gasteiger partial charge in [-0.05, 0) is 28.9 Å². The highest BCUT2D eigenvalue weighted by Crippen LogP contribution is 2.29. The van der Waals surface area contributed by atoms with E-state index < -0.39 is 4.92 Å². The lowest BCUT2D eigenvalue weighted by molar-refractivity contribution is -0.384. The van der Waals surface area contributed by atoms with Crippen LogP contribution >= 0.6 is 15.9 Å². The van der Waals surface area contributed by atoms with Crippen LogP contribution in [0.2, 0.25) is 0 Å². The van der Waals surface area contributed by atoms with E-state index in [9.17, 15) is 14.9 Å². The van der Waals surface area contributed by atoms with Crippen LogP contribution in [0.25, 0.3) is 0 Å². The Hall–Kier alpha value is -1.63. The lowest BCUT2D eigenvalue weighted by atomic mass is 10.2. The lowest BCUT2D eigenvalue weighted by Crippen LogP contribution is -2.27. The molecule has 0 saturated heterocycles. The highest BCUT2D eigenvalue weighted by Gasteiger charge is 2.14. The fourth-order valence-corrected chi connectivity index (χ4v) is 2.07. The SMILES string of the molecule is CCOC(=O)CN(C)c1ccc([N+](=O)[O-])cc1Br. The molecule has 0 saturated carbocycles. The molecule has 0 spiro atoms. The molecule has 0 bridgehead atoms. The molecule has 18 heavy (non-hydrogen) atoms. The van der Waals surface area contributed by atoms with Crippen molar-refractivity contribution in [1.29, 1.82) is 0 Å². The molecular weight excluding hydrogens is 304 g/mol. The molecule has 1 rings (SSSR count). The number of nitro benzene ring substituents is 1. The van der Waals surface area contributed by atoms with E-state index in [1.165, 1.54) is 12.1 Å². The van der Waals surface area contributed by atoms with E-state index in [2.05, 4.69) is 15.9 Å². The van der Waals surface area contributed by atoms with Crippen LogP contribution in [0, 0.1) is 10.1 Å². The highest BCUT2D eigenvalue weighted by molar-refractivity contribution is 9.10. The maximum absolute atomic E-state index is 11.3. The van der Waals surface area contributed by atoms with Crippen LogP contribution in [0.4, 0.5) is 11.4 Å². The van der Waals surface area contributed by atoms with Crippen molar-refractivity contribution in [3.63, 3.8) is 0 Å². The molecule has 7 heteroatoms. The average Bonchev–Trinajstić information content (AvgIpc) is 2.28. The molecule has 6 nitrogen and oxygen atoms in total. The van der Waals surface area contributed by atoms with Crippen molar-refractivity contribution in [2.75, 3.05) is 25.1 Å². The van der Waals surface area contributed by atoms with E-state index in [0.29, 0.717) is 16.8 Å². The number of halogens is 1. The van der Waals surface area contributed by atoms with Gasteiger partial charge >= 0.3 is 5.97 Å². The number of nitrogens with zero attached hydrogens (tertiary/aromatic N) is 2. The first-order chi connectivity index (χ1) is 8.45. The molecule has 0 aromatic heterocycles. The van der Waals surface area contributed by atoms with E-state index in [0.717, 1.165) is 0 Å². The number of carbonyl (C=O) groups excluding carboxylic acids is 1. The van der Waals surface area contributed by atoms with Gasteiger partial charge in [-0.2, -0.15) is 0 Å². The van der Waals surface area contributed by atoms with Crippen molar-refractivity contribution >= 4 is 33.3 Å². The molecule has 0 aliphatic carbocycles. The lowest BCUT2D eigenvalue weighted by Gasteiger charge is -2.19. The summed E-state index contributed by atoms with van der Waals surface area (Å²) in [5.74, 6) is -0.342. The largest absolute Gasteiger partial charge is 0.465 e. The normalized spacial score (nSPS) is 9.94. The number of ether oxygens (including phenoxy) is 1. The molecule has 0 radical (unpaired) electrons. The monoisotopic (exact) mass is 316 g/mol. The van der Waals surface area contributed by atoms with Crippen molar-refractivity contribution in [2.45, 2.75) is 6.92 Å². The summed E-state index contributed by atoms with van der Waals surface area (Å²) in [5.41, 5.74) is 0.684. The summed E-state index contributed by atoms with van der Waals surface area (Å²) in [7, 11) is 1.71. The Morgan fingerprint density at radius 2 is 2.22 bits per heavy atom. The summed E-state index contributed by atoms with van der Waals surface area (Å²) < 4.78 is 5.39. The number of anilines is 1. The van der Waals surface area contributed by atoms with Crippen molar-refractivity contribution in [1.82, 2.24) is 0 Å². The van der Waals surface area contributed by atoms with E-state index in [1.807, 2.05) is 0 Å². The minimum atomic E-state index is -0.472. The predicted octanol–water partition coefficient (Wildman–Crippen LogP) is 2.36. The van der Waals surface area contributed by atoms with E-state index in [1.54, 1.807) is 24.9 Å². The molecule has 1 aromatic carbocycles. The van der Waals surface area contributed by atoms with E-state index in [4.69, 9.17) is 4.74 Å². The van der Waals surface area contributed by atoms with Gasteiger partial charge in [-0.15, -0.1) is 0 Å². The first-order valence-electron chi connectivity index (χ1n) is 5.26. The minimum Gasteiger partial charge on any atom is -0.465 e. The number of non-ortho nitro benzene ring substituents is 1. The third-order valence-corrected chi connectivity index (χ3v) is 2.86. The molecule has 0 fully saturated rings. The van der Waals surface area contributed by atoms with Gasteiger partial charge in [0.25, 0.3) is 5.69 Å². The van der Waals surface area contributed by atoms with Gasteiger partial charge in [-0.1, -0.05) is 0 Å². The van der Waals surface area contributed by atoms with E-state index >= 15 is 0 Å². The topological polar surface area (TPSA) is 72.7 Å². The first kappa shape index (κ1) is 14.4. The van der Waals surface area contributed by atoms with Gasteiger partial charge in [-0.25, -0.2) is 0 Å². The van der Waals surface area contributed by atoms with Gasteiger partial charge in [-0.3, -0.25) is 14.9 Å². The summed E-state index contributed by atoms with van der Waals surface area (Å²) in [6.45, 7) is 2.15. The molecule has 0 unspecified atom stereocenters. The quantitative estimate of drug-likeness (QED) is 0.473. The Morgan fingerprint density at radius 1 is 1.56 bits per heavy atom. The van der Waals surface area contributed by atoms with E-state index in [-0.39, 0.29) is 18.2 Å². The molecular formula is C11H13BrN2O4. The maximum Gasteiger partial charge on any atom is 0.325 e. The van der Waals surface area contributed by atoms with Crippen LogP contribution in [-0.4, -0.2) is 31.1 Å². The first-order valence-corrected chi connectivity index (χ1v) is 6.05. The smallest absolute Gasteiger partial charge is 0.325 e. The Kier molecular flexibility index (Phi) is 5.08. The molecule has 0 atom stereocenters. The highest BCUT2D eigenvalue weighted by atomic mass is 79.9.